The van der Waals surface area contributed by atoms with Gasteiger partial charge in [0.1, 0.15) is 5.82 Å². The van der Waals surface area contributed by atoms with Gasteiger partial charge in [-0.05, 0) is 103 Å². The van der Waals surface area contributed by atoms with Crippen molar-refractivity contribution in [3.63, 3.8) is 0 Å². The number of benzene rings is 2. The Morgan fingerprint density at radius 2 is 1.34 bits per heavy atom. The van der Waals surface area contributed by atoms with Crippen LogP contribution in [-0.2, 0) is 11.3 Å². The number of rotatable bonds is 11. The van der Waals surface area contributed by atoms with Gasteiger partial charge in [0.2, 0.25) is 6.17 Å². The molecule has 4 rings (SSSR count). The van der Waals surface area contributed by atoms with Crippen molar-refractivity contribution in [3.8, 4) is 0 Å². The van der Waals surface area contributed by atoms with Gasteiger partial charge in [0.05, 0.1) is 6.61 Å². The molecule has 0 heterocycles. The maximum absolute atomic E-state index is 14.9. The first-order chi connectivity index (χ1) is 18.3. The van der Waals surface area contributed by atoms with Crippen LogP contribution >= 0.6 is 0 Å². The maximum atomic E-state index is 14.9. The average Bonchev–Trinajstić information content (AvgIpc) is 2.93. The van der Waals surface area contributed by atoms with Gasteiger partial charge in [-0.25, -0.2) is 8.78 Å². The number of ether oxygens (including phenoxy) is 1. The molecule has 1 unspecified atom stereocenters. The summed E-state index contributed by atoms with van der Waals surface area (Å²) in [5.74, 6) is 1.71. The van der Waals surface area contributed by atoms with Gasteiger partial charge < -0.3 is 4.74 Å². The molecule has 0 radical (unpaired) electrons. The predicted molar refractivity (Wildman–Crippen MR) is 146 cm³/mol. The highest BCUT2D eigenvalue weighted by Crippen LogP contribution is 2.41. The Balaban J connectivity index is 1.30. The molecule has 2 fully saturated rings. The number of halogens is 4. The average molecular weight is 533 g/mol. The van der Waals surface area contributed by atoms with Crippen LogP contribution in [0.5, 0.6) is 0 Å². The molecule has 2 saturated carbocycles. The molecular weight excluding hydrogens is 488 g/mol. The van der Waals surface area contributed by atoms with E-state index in [-0.39, 0.29) is 22.9 Å². The van der Waals surface area contributed by atoms with Crippen molar-refractivity contribution in [1.82, 2.24) is 0 Å². The van der Waals surface area contributed by atoms with E-state index < -0.39 is 18.9 Å². The smallest absolute Gasteiger partial charge is 0.313 e. The second-order valence-corrected chi connectivity index (χ2v) is 11.7. The SMILES string of the molecule is CCCC1CCC(c2ccc(C(F)C(F)(F)OCc3ccc(C4CCC(CCC)CC4)c(F)c3)cc2)CC1. The van der Waals surface area contributed by atoms with Gasteiger partial charge in [-0.2, -0.15) is 8.78 Å². The molecule has 0 amide bonds. The summed E-state index contributed by atoms with van der Waals surface area (Å²) >= 11 is 0. The predicted octanol–water partition coefficient (Wildman–Crippen LogP) is 10.8. The number of hydrogen-bond donors (Lipinski definition) is 0. The largest absolute Gasteiger partial charge is 0.391 e. The molecule has 210 valence electrons. The van der Waals surface area contributed by atoms with Gasteiger partial charge in [-0.15, -0.1) is 0 Å². The minimum atomic E-state index is -4.01. The van der Waals surface area contributed by atoms with Crippen LogP contribution in [0.25, 0.3) is 0 Å². The lowest BCUT2D eigenvalue weighted by Gasteiger charge is -2.29. The minimum absolute atomic E-state index is 0.0985. The van der Waals surface area contributed by atoms with Crippen molar-refractivity contribution >= 4 is 0 Å². The van der Waals surface area contributed by atoms with Gasteiger partial charge >= 0.3 is 6.11 Å². The van der Waals surface area contributed by atoms with E-state index in [9.17, 15) is 17.6 Å². The molecule has 0 saturated heterocycles. The lowest BCUT2D eigenvalue weighted by molar-refractivity contribution is -0.282. The van der Waals surface area contributed by atoms with Gasteiger partial charge in [-0.1, -0.05) is 75.9 Å². The van der Waals surface area contributed by atoms with E-state index in [1.165, 1.54) is 56.7 Å². The van der Waals surface area contributed by atoms with Crippen LogP contribution in [0.3, 0.4) is 0 Å². The lowest BCUT2D eigenvalue weighted by atomic mass is 9.77. The highest BCUT2D eigenvalue weighted by Gasteiger charge is 2.43. The Kier molecular flexibility index (Phi) is 10.3. The van der Waals surface area contributed by atoms with Gasteiger partial charge in [0.15, 0.2) is 0 Å². The topological polar surface area (TPSA) is 9.23 Å². The summed E-state index contributed by atoms with van der Waals surface area (Å²) in [7, 11) is 0. The van der Waals surface area contributed by atoms with Crippen molar-refractivity contribution < 1.29 is 22.3 Å². The molecular formula is C33H44F4O. The molecule has 0 spiro atoms. The van der Waals surface area contributed by atoms with E-state index >= 15 is 0 Å². The first kappa shape index (κ1) is 29.1. The summed E-state index contributed by atoms with van der Waals surface area (Å²) in [6, 6.07) is 11.1. The molecule has 2 aromatic rings. The summed E-state index contributed by atoms with van der Waals surface area (Å²) in [6.45, 7) is 3.86. The van der Waals surface area contributed by atoms with Crippen LogP contribution in [-0.4, -0.2) is 6.11 Å². The van der Waals surface area contributed by atoms with Crippen LogP contribution in [0.1, 0.15) is 131 Å². The molecule has 2 aromatic carbocycles. The molecule has 0 bridgehead atoms. The standard InChI is InChI=1S/C33H44F4O/c1-3-5-23-7-12-26(13-8-23)27-16-18-29(19-17-27)32(35)33(36,37)38-22-25-11-20-30(31(34)21-25)28-14-9-24(6-4-2)10-15-28/h11,16-21,23-24,26,28,32H,3-10,12-15,22H2,1-2H3. The van der Waals surface area contributed by atoms with Crippen LogP contribution < -0.4 is 0 Å². The Morgan fingerprint density at radius 3 is 1.87 bits per heavy atom. The van der Waals surface area contributed by atoms with Crippen LogP contribution in [0.2, 0.25) is 0 Å². The van der Waals surface area contributed by atoms with E-state index in [4.69, 9.17) is 4.74 Å². The number of alkyl halides is 3. The van der Waals surface area contributed by atoms with Crippen LogP contribution in [0.4, 0.5) is 17.6 Å². The highest BCUT2D eigenvalue weighted by molar-refractivity contribution is 5.29. The van der Waals surface area contributed by atoms with Gasteiger partial charge in [0, 0.05) is 0 Å². The highest BCUT2D eigenvalue weighted by atomic mass is 19.3. The van der Waals surface area contributed by atoms with Gasteiger partial charge in [-0.3, -0.25) is 0 Å². The maximum Gasteiger partial charge on any atom is 0.391 e. The van der Waals surface area contributed by atoms with Gasteiger partial charge in [0.25, 0.3) is 0 Å². The third-order valence-corrected chi connectivity index (χ3v) is 9.02. The Labute approximate surface area is 226 Å². The van der Waals surface area contributed by atoms with E-state index in [0.29, 0.717) is 11.5 Å². The summed E-state index contributed by atoms with van der Waals surface area (Å²) in [4.78, 5) is 0. The van der Waals surface area contributed by atoms with E-state index in [0.717, 1.165) is 55.9 Å². The van der Waals surface area contributed by atoms with E-state index in [1.54, 1.807) is 24.3 Å². The second kappa shape index (κ2) is 13.5. The Bertz CT molecular complexity index is 989. The summed E-state index contributed by atoms with van der Waals surface area (Å²) in [5.41, 5.74) is 1.93. The molecule has 0 aliphatic heterocycles. The lowest BCUT2D eigenvalue weighted by Crippen LogP contribution is -2.27. The monoisotopic (exact) mass is 532 g/mol. The summed E-state index contributed by atoms with van der Waals surface area (Å²) < 4.78 is 63.7. The third-order valence-electron chi connectivity index (χ3n) is 9.02. The van der Waals surface area contributed by atoms with Crippen molar-refractivity contribution in [2.24, 2.45) is 11.8 Å². The van der Waals surface area contributed by atoms with E-state index in [1.807, 2.05) is 0 Å². The quantitative estimate of drug-likeness (QED) is 0.262. The normalized spacial score (nSPS) is 25.3. The van der Waals surface area contributed by atoms with Crippen molar-refractivity contribution in [3.05, 3.63) is 70.5 Å². The Morgan fingerprint density at radius 1 is 0.789 bits per heavy atom. The third kappa shape index (κ3) is 7.40. The fourth-order valence-corrected chi connectivity index (χ4v) is 6.74. The zero-order chi connectivity index (χ0) is 27.1. The molecule has 0 aromatic heterocycles. The van der Waals surface area contributed by atoms with Crippen molar-refractivity contribution in [1.29, 1.82) is 0 Å². The molecule has 5 heteroatoms. The van der Waals surface area contributed by atoms with E-state index in [2.05, 4.69) is 13.8 Å². The van der Waals surface area contributed by atoms with Crippen molar-refractivity contribution in [2.45, 2.75) is 122 Å². The first-order valence-electron chi connectivity index (χ1n) is 14.8. The zero-order valence-corrected chi connectivity index (χ0v) is 23.0. The fraction of sp³-hybridized carbons (Fsp3) is 0.636. The molecule has 2 aliphatic rings. The Hall–Kier alpha value is -1.88. The van der Waals surface area contributed by atoms with Crippen LogP contribution in [0, 0.1) is 17.7 Å². The first-order valence-corrected chi connectivity index (χ1v) is 14.8. The molecule has 1 atom stereocenters. The zero-order valence-electron chi connectivity index (χ0n) is 23.0. The summed E-state index contributed by atoms with van der Waals surface area (Å²) in [6.07, 6.45) is 6.98. The molecule has 38 heavy (non-hydrogen) atoms. The number of hydrogen-bond acceptors (Lipinski definition) is 1. The van der Waals surface area contributed by atoms with Crippen LogP contribution in [0.15, 0.2) is 42.5 Å². The molecule has 2 aliphatic carbocycles. The molecule has 1 nitrogen and oxygen atoms in total. The van der Waals surface area contributed by atoms with Crippen molar-refractivity contribution in [2.75, 3.05) is 0 Å². The second-order valence-electron chi connectivity index (χ2n) is 11.7. The molecule has 0 N–H and O–H groups in total. The minimum Gasteiger partial charge on any atom is -0.313 e. The fourth-order valence-electron chi connectivity index (χ4n) is 6.74. The summed E-state index contributed by atoms with van der Waals surface area (Å²) in [5, 5.41) is 0.